The van der Waals surface area contributed by atoms with Gasteiger partial charge in [-0.3, -0.25) is 9.47 Å². The third-order valence-electron chi connectivity index (χ3n) is 7.05. The van der Waals surface area contributed by atoms with Crippen molar-refractivity contribution in [2.24, 2.45) is 7.05 Å². The van der Waals surface area contributed by atoms with Crippen LogP contribution in [0.4, 0.5) is 5.82 Å². The molecule has 0 bridgehead atoms. The van der Waals surface area contributed by atoms with Crippen LogP contribution in [0.5, 0.6) is 0 Å². The SMILES string of the molecule is CCc1nc2ccccc2n1-c1nc(N2CCOCC2)c2nc(CN3CCCCC3)n(C)c2n1. The standard InChI is InChI=1S/C25H32N8O/c1-3-20-26-18-9-5-6-10-19(18)33(20)25-28-23-22(24(29-25)32-13-15-34-16-14-32)27-21(30(23)2)17-31-11-7-4-8-12-31/h5-6,9-10H,3-4,7-8,11-17H2,1-2H3. The minimum atomic E-state index is 0.659. The average Bonchev–Trinajstić information content (AvgIpc) is 3.42. The van der Waals surface area contributed by atoms with E-state index >= 15 is 0 Å². The van der Waals surface area contributed by atoms with Crippen LogP contribution in [0.3, 0.4) is 0 Å². The molecular weight excluding hydrogens is 428 g/mol. The molecule has 178 valence electrons. The van der Waals surface area contributed by atoms with Crippen LogP contribution in [-0.2, 0) is 24.8 Å². The van der Waals surface area contributed by atoms with E-state index in [4.69, 9.17) is 24.7 Å². The first-order valence-electron chi connectivity index (χ1n) is 12.5. The van der Waals surface area contributed by atoms with Crippen molar-refractivity contribution in [2.45, 2.75) is 39.2 Å². The number of aromatic nitrogens is 6. The molecule has 0 saturated carbocycles. The van der Waals surface area contributed by atoms with E-state index in [0.29, 0.717) is 19.2 Å². The third kappa shape index (κ3) is 3.73. The van der Waals surface area contributed by atoms with E-state index in [0.717, 1.165) is 78.8 Å². The maximum atomic E-state index is 5.63. The summed E-state index contributed by atoms with van der Waals surface area (Å²) in [6.45, 7) is 8.24. The van der Waals surface area contributed by atoms with Crippen LogP contribution >= 0.6 is 0 Å². The van der Waals surface area contributed by atoms with Gasteiger partial charge in [-0.15, -0.1) is 0 Å². The van der Waals surface area contributed by atoms with Gasteiger partial charge < -0.3 is 14.2 Å². The van der Waals surface area contributed by atoms with Gasteiger partial charge in [-0.05, 0) is 38.1 Å². The number of morpholine rings is 1. The molecule has 4 aromatic rings. The lowest BCUT2D eigenvalue weighted by Gasteiger charge is -2.28. The lowest BCUT2D eigenvalue weighted by molar-refractivity contribution is 0.122. The number of aryl methyl sites for hydroxylation is 2. The molecule has 9 nitrogen and oxygen atoms in total. The number of rotatable bonds is 5. The highest BCUT2D eigenvalue weighted by Gasteiger charge is 2.25. The molecule has 0 spiro atoms. The molecule has 2 aliphatic rings. The Kier molecular flexibility index (Phi) is 5.66. The normalized spacial score (nSPS) is 17.8. The summed E-state index contributed by atoms with van der Waals surface area (Å²) in [5, 5.41) is 0. The Morgan fingerprint density at radius 1 is 0.882 bits per heavy atom. The number of hydrogen-bond acceptors (Lipinski definition) is 7. The number of fused-ring (bicyclic) bond motifs is 2. The molecule has 9 heteroatoms. The first-order valence-corrected chi connectivity index (χ1v) is 12.5. The van der Waals surface area contributed by atoms with Gasteiger partial charge in [0.2, 0.25) is 5.95 Å². The largest absolute Gasteiger partial charge is 0.378 e. The fourth-order valence-electron chi connectivity index (χ4n) is 5.17. The van der Waals surface area contributed by atoms with E-state index in [1.165, 1.54) is 19.3 Å². The Bertz CT molecular complexity index is 1310. The smallest absolute Gasteiger partial charge is 0.239 e. The monoisotopic (exact) mass is 460 g/mol. The summed E-state index contributed by atoms with van der Waals surface area (Å²) in [7, 11) is 2.08. The summed E-state index contributed by atoms with van der Waals surface area (Å²) in [6, 6.07) is 8.21. The van der Waals surface area contributed by atoms with Crippen molar-refractivity contribution < 1.29 is 4.74 Å². The minimum absolute atomic E-state index is 0.659. The third-order valence-corrected chi connectivity index (χ3v) is 7.05. The van der Waals surface area contributed by atoms with E-state index in [1.807, 2.05) is 18.2 Å². The fraction of sp³-hybridized carbons (Fsp3) is 0.520. The van der Waals surface area contributed by atoms with Gasteiger partial charge in [0.25, 0.3) is 0 Å². The summed E-state index contributed by atoms with van der Waals surface area (Å²) in [5.41, 5.74) is 3.75. The Morgan fingerprint density at radius 3 is 2.47 bits per heavy atom. The predicted molar refractivity (Wildman–Crippen MR) is 132 cm³/mol. The molecule has 5 heterocycles. The van der Waals surface area contributed by atoms with E-state index in [1.54, 1.807) is 0 Å². The molecule has 0 N–H and O–H groups in total. The molecule has 34 heavy (non-hydrogen) atoms. The van der Waals surface area contributed by atoms with Crippen LogP contribution in [0, 0.1) is 0 Å². The minimum Gasteiger partial charge on any atom is -0.378 e. The average molecular weight is 461 g/mol. The van der Waals surface area contributed by atoms with Crippen LogP contribution in [0.2, 0.25) is 0 Å². The number of likely N-dealkylation sites (tertiary alicyclic amines) is 1. The fourth-order valence-corrected chi connectivity index (χ4v) is 5.17. The van der Waals surface area contributed by atoms with Gasteiger partial charge in [0.05, 0.1) is 30.8 Å². The van der Waals surface area contributed by atoms with E-state index < -0.39 is 0 Å². The Balaban J connectivity index is 1.53. The number of benzene rings is 1. The summed E-state index contributed by atoms with van der Waals surface area (Å²) in [5.74, 6) is 3.56. The lowest BCUT2D eigenvalue weighted by atomic mass is 10.1. The van der Waals surface area contributed by atoms with E-state index in [-0.39, 0.29) is 0 Å². The molecule has 3 aromatic heterocycles. The molecule has 1 aromatic carbocycles. The zero-order valence-electron chi connectivity index (χ0n) is 20.1. The van der Waals surface area contributed by atoms with Crippen molar-refractivity contribution >= 4 is 28.0 Å². The highest BCUT2D eigenvalue weighted by atomic mass is 16.5. The molecule has 2 fully saturated rings. The summed E-state index contributed by atoms with van der Waals surface area (Å²) >= 11 is 0. The number of nitrogens with zero attached hydrogens (tertiary/aromatic N) is 8. The van der Waals surface area contributed by atoms with Gasteiger partial charge in [0.1, 0.15) is 11.6 Å². The summed E-state index contributed by atoms with van der Waals surface area (Å²) < 4.78 is 9.89. The van der Waals surface area contributed by atoms with Gasteiger partial charge in [0, 0.05) is 26.6 Å². The Morgan fingerprint density at radius 2 is 1.68 bits per heavy atom. The van der Waals surface area contributed by atoms with Gasteiger partial charge in [-0.2, -0.15) is 9.97 Å². The van der Waals surface area contributed by atoms with Gasteiger partial charge in [-0.25, -0.2) is 9.97 Å². The molecule has 0 amide bonds. The molecule has 0 radical (unpaired) electrons. The molecule has 2 aliphatic heterocycles. The second-order valence-electron chi connectivity index (χ2n) is 9.25. The van der Waals surface area contributed by atoms with E-state index in [2.05, 4.69) is 39.0 Å². The first-order chi connectivity index (χ1) is 16.7. The highest BCUT2D eigenvalue weighted by Crippen LogP contribution is 2.29. The quantitative estimate of drug-likeness (QED) is 0.453. The van der Waals surface area contributed by atoms with Crippen molar-refractivity contribution in [1.82, 2.24) is 34.0 Å². The van der Waals surface area contributed by atoms with Gasteiger partial charge in [-0.1, -0.05) is 25.5 Å². The van der Waals surface area contributed by atoms with Crippen LogP contribution < -0.4 is 4.90 Å². The first kappa shape index (κ1) is 21.5. The second-order valence-corrected chi connectivity index (χ2v) is 9.25. The molecule has 2 saturated heterocycles. The van der Waals surface area contributed by atoms with Crippen molar-refractivity contribution in [3.63, 3.8) is 0 Å². The van der Waals surface area contributed by atoms with Crippen LogP contribution in [0.1, 0.15) is 37.8 Å². The zero-order chi connectivity index (χ0) is 23.1. The highest BCUT2D eigenvalue weighted by molar-refractivity contribution is 5.86. The molecule has 0 aliphatic carbocycles. The Labute approximate surface area is 199 Å². The molecular formula is C25H32N8O. The number of piperidine rings is 1. The zero-order valence-corrected chi connectivity index (χ0v) is 20.1. The number of anilines is 1. The maximum Gasteiger partial charge on any atom is 0.239 e. The van der Waals surface area contributed by atoms with Crippen molar-refractivity contribution in [3.8, 4) is 5.95 Å². The van der Waals surface area contributed by atoms with Crippen LogP contribution in [0.25, 0.3) is 28.1 Å². The van der Waals surface area contributed by atoms with Crippen molar-refractivity contribution in [2.75, 3.05) is 44.3 Å². The van der Waals surface area contributed by atoms with Gasteiger partial charge in [0.15, 0.2) is 17.0 Å². The maximum absolute atomic E-state index is 5.63. The topological polar surface area (TPSA) is 77.1 Å². The Hall–Kier alpha value is -3.04. The predicted octanol–water partition coefficient (Wildman–Crippen LogP) is 3.09. The number of imidazole rings is 2. The van der Waals surface area contributed by atoms with Gasteiger partial charge >= 0.3 is 0 Å². The number of ether oxygens (including phenoxy) is 1. The van der Waals surface area contributed by atoms with Crippen LogP contribution in [-0.4, -0.2) is 73.4 Å². The number of hydrogen-bond donors (Lipinski definition) is 0. The van der Waals surface area contributed by atoms with Crippen LogP contribution in [0.15, 0.2) is 24.3 Å². The second kappa shape index (κ2) is 8.96. The van der Waals surface area contributed by atoms with Crippen molar-refractivity contribution in [1.29, 1.82) is 0 Å². The summed E-state index contributed by atoms with van der Waals surface area (Å²) in [6.07, 6.45) is 4.66. The summed E-state index contributed by atoms with van der Waals surface area (Å²) in [4.78, 5) is 25.0. The number of para-hydroxylation sites is 2. The lowest BCUT2D eigenvalue weighted by Crippen LogP contribution is -2.37. The molecule has 0 unspecified atom stereocenters. The molecule has 0 atom stereocenters. The molecule has 6 rings (SSSR count). The van der Waals surface area contributed by atoms with E-state index in [9.17, 15) is 0 Å². The van der Waals surface area contributed by atoms with Crippen molar-refractivity contribution in [3.05, 3.63) is 35.9 Å².